The topological polar surface area (TPSA) is 62.4 Å². The summed E-state index contributed by atoms with van der Waals surface area (Å²) in [5, 5.41) is 3.17. The molecule has 3 N–H and O–H groups in total. The summed E-state index contributed by atoms with van der Waals surface area (Å²) in [5.41, 5.74) is 8.09. The maximum atomic E-state index is 12.9. The van der Waals surface area contributed by atoms with Gasteiger partial charge in [-0.2, -0.15) is 0 Å². The summed E-state index contributed by atoms with van der Waals surface area (Å²) < 4.78 is 18.6. The number of carbonyl (C=O) groups excluding carboxylic acids is 1. The highest BCUT2D eigenvalue weighted by Gasteiger charge is 2.16. The van der Waals surface area contributed by atoms with Gasteiger partial charge in [0.15, 0.2) is 11.2 Å². The molecule has 0 bridgehead atoms. The predicted octanol–water partition coefficient (Wildman–Crippen LogP) is 2.91. The SMILES string of the molecule is Cc1cccc(O[C@@H](C)C(=O)NNC(=S)NCc2ccc(F)cc2)c1C. The average Bonchev–Trinajstić information content (AvgIpc) is 2.63. The number of hydrogen-bond acceptors (Lipinski definition) is 3. The summed E-state index contributed by atoms with van der Waals surface area (Å²) in [6.45, 7) is 6.01. The van der Waals surface area contributed by atoms with Gasteiger partial charge < -0.3 is 10.1 Å². The second kappa shape index (κ2) is 9.15. The largest absolute Gasteiger partial charge is 0.481 e. The fourth-order valence-corrected chi connectivity index (χ4v) is 2.27. The number of ether oxygens (including phenoxy) is 1. The second-order valence-electron chi connectivity index (χ2n) is 5.88. The van der Waals surface area contributed by atoms with Crippen molar-refractivity contribution in [1.29, 1.82) is 0 Å². The predicted molar refractivity (Wildman–Crippen MR) is 103 cm³/mol. The van der Waals surface area contributed by atoms with Crippen LogP contribution < -0.4 is 20.9 Å². The normalized spacial score (nSPS) is 11.4. The van der Waals surface area contributed by atoms with Crippen molar-refractivity contribution < 1.29 is 13.9 Å². The molecule has 0 heterocycles. The molecule has 2 aromatic rings. The Bertz CT molecular complexity index is 781. The van der Waals surface area contributed by atoms with E-state index in [-0.39, 0.29) is 16.8 Å². The highest BCUT2D eigenvalue weighted by Crippen LogP contribution is 2.21. The number of halogens is 1. The van der Waals surface area contributed by atoms with Crippen LogP contribution in [0.4, 0.5) is 4.39 Å². The van der Waals surface area contributed by atoms with Gasteiger partial charge in [0, 0.05) is 6.54 Å². The van der Waals surface area contributed by atoms with Gasteiger partial charge in [0.05, 0.1) is 0 Å². The molecule has 2 rings (SSSR count). The molecule has 0 fully saturated rings. The van der Waals surface area contributed by atoms with E-state index < -0.39 is 6.10 Å². The van der Waals surface area contributed by atoms with Crippen LogP contribution in [0.15, 0.2) is 42.5 Å². The van der Waals surface area contributed by atoms with E-state index in [9.17, 15) is 9.18 Å². The lowest BCUT2D eigenvalue weighted by atomic mass is 10.1. The Hall–Kier alpha value is -2.67. The van der Waals surface area contributed by atoms with Crippen molar-refractivity contribution in [3.8, 4) is 5.75 Å². The first-order valence-electron chi connectivity index (χ1n) is 8.18. The number of hydrogen-bond donors (Lipinski definition) is 3. The number of aryl methyl sites for hydroxylation is 1. The Morgan fingerprint density at radius 1 is 1.15 bits per heavy atom. The van der Waals surface area contributed by atoms with Gasteiger partial charge in [-0.25, -0.2) is 4.39 Å². The van der Waals surface area contributed by atoms with Crippen molar-refractivity contribution in [3.05, 3.63) is 65.0 Å². The van der Waals surface area contributed by atoms with Crippen LogP contribution in [0.3, 0.4) is 0 Å². The number of carbonyl (C=O) groups is 1. The molecule has 0 aliphatic carbocycles. The summed E-state index contributed by atoms with van der Waals surface area (Å²) in [4.78, 5) is 12.1. The van der Waals surface area contributed by atoms with E-state index in [1.54, 1.807) is 19.1 Å². The molecule has 0 aliphatic rings. The molecule has 2 aromatic carbocycles. The number of thiocarbonyl (C=S) groups is 1. The first kappa shape index (κ1) is 19.7. The van der Waals surface area contributed by atoms with Crippen molar-refractivity contribution in [1.82, 2.24) is 16.2 Å². The summed E-state index contributed by atoms with van der Waals surface area (Å²) in [5.74, 6) is 0.0287. The highest BCUT2D eigenvalue weighted by atomic mass is 32.1. The van der Waals surface area contributed by atoms with Gasteiger partial charge in [-0.15, -0.1) is 0 Å². The van der Waals surface area contributed by atoms with Crippen LogP contribution in [0.5, 0.6) is 5.75 Å². The van der Waals surface area contributed by atoms with Gasteiger partial charge in [0.2, 0.25) is 0 Å². The van der Waals surface area contributed by atoms with Crippen molar-refractivity contribution in [3.63, 3.8) is 0 Å². The molecule has 0 unspecified atom stereocenters. The molecule has 0 aromatic heterocycles. The minimum atomic E-state index is -0.692. The average molecular weight is 375 g/mol. The molecule has 5 nitrogen and oxygen atoms in total. The number of nitrogens with one attached hydrogen (secondary N) is 3. The fourth-order valence-electron chi connectivity index (χ4n) is 2.14. The van der Waals surface area contributed by atoms with Gasteiger partial charge in [0.1, 0.15) is 11.6 Å². The summed E-state index contributed by atoms with van der Waals surface area (Å²) in [6.07, 6.45) is -0.692. The molecule has 138 valence electrons. The van der Waals surface area contributed by atoms with E-state index in [1.807, 2.05) is 32.0 Å². The zero-order chi connectivity index (χ0) is 19.1. The quantitative estimate of drug-likeness (QED) is 0.554. The van der Waals surface area contributed by atoms with E-state index >= 15 is 0 Å². The smallest absolute Gasteiger partial charge is 0.279 e. The monoisotopic (exact) mass is 375 g/mol. The molecule has 0 saturated carbocycles. The minimum Gasteiger partial charge on any atom is -0.481 e. The molecular formula is C19H22FN3O2S. The number of benzene rings is 2. The summed E-state index contributed by atoms with van der Waals surface area (Å²) in [6, 6.07) is 11.8. The van der Waals surface area contributed by atoms with Crippen LogP contribution in [0, 0.1) is 19.7 Å². The lowest BCUT2D eigenvalue weighted by Gasteiger charge is -2.18. The molecule has 1 atom stereocenters. The molecular weight excluding hydrogens is 353 g/mol. The first-order valence-corrected chi connectivity index (χ1v) is 8.58. The third kappa shape index (κ3) is 5.70. The molecule has 26 heavy (non-hydrogen) atoms. The molecule has 0 spiro atoms. The van der Waals surface area contributed by atoms with Crippen molar-refractivity contribution >= 4 is 23.2 Å². The molecule has 0 radical (unpaired) electrons. The zero-order valence-corrected chi connectivity index (χ0v) is 15.7. The lowest BCUT2D eigenvalue weighted by Crippen LogP contribution is -2.50. The standard InChI is InChI=1S/C19H22FN3O2S/c1-12-5-4-6-17(13(12)2)25-14(3)18(24)22-23-19(26)21-11-15-7-9-16(20)10-8-15/h4-10,14H,11H2,1-3H3,(H,22,24)(H2,21,23,26)/t14-/m0/s1. The maximum absolute atomic E-state index is 12.9. The van der Waals surface area contributed by atoms with Crippen LogP contribution in [0.2, 0.25) is 0 Å². The number of hydrazine groups is 1. The third-order valence-corrected chi connectivity index (χ3v) is 4.14. The van der Waals surface area contributed by atoms with Crippen LogP contribution in [0.1, 0.15) is 23.6 Å². The van der Waals surface area contributed by atoms with Gasteiger partial charge in [-0.05, 0) is 67.9 Å². The highest BCUT2D eigenvalue weighted by molar-refractivity contribution is 7.80. The van der Waals surface area contributed by atoms with E-state index in [0.717, 1.165) is 16.7 Å². The van der Waals surface area contributed by atoms with Gasteiger partial charge in [-0.3, -0.25) is 15.6 Å². The van der Waals surface area contributed by atoms with Crippen LogP contribution in [-0.2, 0) is 11.3 Å². The minimum absolute atomic E-state index is 0.251. The van der Waals surface area contributed by atoms with E-state index in [4.69, 9.17) is 17.0 Å². The van der Waals surface area contributed by atoms with Crippen LogP contribution in [-0.4, -0.2) is 17.1 Å². The van der Waals surface area contributed by atoms with Crippen molar-refractivity contribution in [2.75, 3.05) is 0 Å². The molecule has 0 saturated heterocycles. The Morgan fingerprint density at radius 3 is 2.54 bits per heavy atom. The molecule has 7 heteroatoms. The Balaban J connectivity index is 1.77. The van der Waals surface area contributed by atoms with E-state index in [1.165, 1.54) is 12.1 Å². The van der Waals surface area contributed by atoms with Crippen molar-refractivity contribution in [2.45, 2.75) is 33.4 Å². The van der Waals surface area contributed by atoms with E-state index in [0.29, 0.717) is 12.3 Å². The Kier molecular flexibility index (Phi) is 6.91. The maximum Gasteiger partial charge on any atom is 0.279 e. The fraction of sp³-hybridized carbons (Fsp3) is 0.263. The van der Waals surface area contributed by atoms with Gasteiger partial charge >= 0.3 is 0 Å². The summed E-state index contributed by atoms with van der Waals surface area (Å²) in [7, 11) is 0. The van der Waals surface area contributed by atoms with Gasteiger partial charge in [0.25, 0.3) is 5.91 Å². The molecule has 1 amide bonds. The lowest BCUT2D eigenvalue weighted by molar-refractivity contribution is -0.127. The van der Waals surface area contributed by atoms with Crippen molar-refractivity contribution in [2.24, 2.45) is 0 Å². The summed E-state index contributed by atoms with van der Waals surface area (Å²) >= 11 is 5.10. The Morgan fingerprint density at radius 2 is 1.85 bits per heavy atom. The molecule has 0 aliphatic heterocycles. The second-order valence-corrected chi connectivity index (χ2v) is 6.29. The van der Waals surface area contributed by atoms with E-state index in [2.05, 4.69) is 16.2 Å². The number of rotatable bonds is 5. The van der Waals surface area contributed by atoms with Crippen LogP contribution in [0.25, 0.3) is 0 Å². The number of amides is 1. The zero-order valence-electron chi connectivity index (χ0n) is 14.9. The van der Waals surface area contributed by atoms with Crippen LogP contribution >= 0.6 is 12.2 Å². The Labute approximate surface area is 157 Å². The third-order valence-electron chi connectivity index (χ3n) is 3.89. The van der Waals surface area contributed by atoms with Gasteiger partial charge in [-0.1, -0.05) is 24.3 Å². The first-order chi connectivity index (χ1) is 12.4.